The highest BCUT2D eigenvalue weighted by Gasteiger charge is 2.33. The number of rotatable bonds is 7. The lowest BCUT2D eigenvalue weighted by Gasteiger charge is -2.19. The number of hydrogen-bond acceptors (Lipinski definition) is 5. The van der Waals surface area contributed by atoms with Crippen LogP contribution < -0.4 is 0 Å². The summed E-state index contributed by atoms with van der Waals surface area (Å²) in [6.07, 6.45) is 4.15. The van der Waals surface area contributed by atoms with Gasteiger partial charge in [-0.25, -0.2) is 0 Å². The predicted octanol–water partition coefficient (Wildman–Crippen LogP) is 2.27. The van der Waals surface area contributed by atoms with E-state index in [4.69, 9.17) is 9.47 Å². The first-order valence-corrected chi connectivity index (χ1v) is 6.68. The Morgan fingerprint density at radius 3 is 2.19 bits per heavy atom. The number of carbonyl (C=O) groups is 3. The quantitative estimate of drug-likeness (QED) is 0.409. The van der Waals surface area contributed by atoms with Crippen LogP contribution in [-0.4, -0.2) is 32.1 Å². The van der Waals surface area contributed by atoms with Crippen molar-refractivity contribution in [3.05, 3.63) is 34.3 Å². The van der Waals surface area contributed by atoms with Gasteiger partial charge >= 0.3 is 0 Å². The maximum Gasteiger partial charge on any atom is 0.228 e. The van der Waals surface area contributed by atoms with Crippen molar-refractivity contribution in [3.63, 3.8) is 0 Å². The van der Waals surface area contributed by atoms with Crippen LogP contribution in [0.15, 0.2) is 34.3 Å². The van der Waals surface area contributed by atoms with Gasteiger partial charge in [-0.15, -0.1) is 0 Å². The minimum Gasteiger partial charge on any atom is -0.489 e. The second-order valence-corrected chi connectivity index (χ2v) is 4.79. The highest BCUT2D eigenvalue weighted by molar-refractivity contribution is 6.23. The molecular weight excluding hydrogens is 272 g/mol. The van der Waals surface area contributed by atoms with Crippen molar-refractivity contribution >= 4 is 17.9 Å². The zero-order valence-electron chi connectivity index (χ0n) is 12.8. The van der Waals surface area contributed by atoms with Crippen LogP contribution >= 0.6 is 0 Å². The topological polar surface area (TPSA) is 69.7 Å². The molecule has 0 saturated carbocycles. The van der Waals surface area contributed by atoms with E-state index in [0.29, 0.717) is 30.4 Å². The van der Waals surface area contributed by atoms with Crippen LogP contribution in [0.1, 0.15) is 33.1 Å². The average Bonchev–Trinajstić information content (AvgIpc) is 2.48. The van der Waals surface area contributed by atoms with Crippen molar-refractivity contribution in [3.8, 4) is 0 Å². The maximum atomic E-state index is 12.4. The highest BCUT2D eigenvalue weighted by atomic mass is 16.5. The molecule has 0 spiro atoms. The Bertz CT molecular complexity index is 549. The predicted molar refractivity (Wildman–Crippen MR) is 77.4 cm³/mol. The van der Waals surface area contributed by atoms with Crippen molar-refractivity contribution in [1.82, 2.24) is 0 Å². The van der Waals surface area contributed by atoms with Gasteiger partial charge in [0.1, 0.15) is 6.29 Å². The maximum absolute atomic E-state index is 12.4. The van der Waals surface area contributed by atoms with Crippen LogP contribution in [0.4, 0.5) is 0 Å². The summed E-state index contributed by atoms with van der Waals surface area (Å²) in [4.78, 5) is 34.8. The molecule has 5 heteroatoms. The van der Waals surface area contributed by atoms with E-state index >= 15 is 0 Å². The van der Waals surface area contributed by atoms with Crippen molar-refractivity contribution in [2.75, 3.05) is 14.2 Å². The van der Waals surface area contributed by atoms with E-state index < -0.39 is 0 Å². The average molecular weight is 292 g/mol. The summed E-state index contributed by atoms with van der Waals surface area (Å²) in [5, 5.41) is 0. The number of ether oxygens (including phenoxy) is 2. The normalized spacial score (nSPS) is 16.5. The van der Waals surface area contributed by atoms with Gasteiger partial charge in [-0.05, 0) is 26.7 Å². The standard InChI is InChI=1S/C16H20O5/c1-10(6-5-9-17)7-8-12-11(2)13(18)15(20-3)16(21-4)14(12)19/h7,9H,5-6,8H2,1-4H3/b10-7+. The molecule has 0 saturated heterocycles. The number of hydrogen-bond donors (Lipinski definition) is 0. The number of carbonyl (C=O) groups excluding carboxylic acids is 3. The number of methoxy groups -OCH3 is 2. The lowest BCUT2D eigenvalue weighted by atomic mass is 9.90. The largest absolute Gasteiger partial charge is 0.489 e. The van der Waals surface area contributed by atoms with Gasteiger partial charge in [-0.3, -0.25) is 9.59 Å². The first-order chi connectivity index (χ1) is 9.97. The van der Waals surface area contributed by atoms with Crippen molar-refractivity contribution < 1.29 is 23.9 Å². The van der Waals surface area contributed by atoms with Crippen molar-refractivity contribution in [1.29, 1.82) is 0 Å². The van der Waals surface area contributed by atoms with Gasteiger partial charge in [-0.2, -0.15) is 0 Å². The van der Waals surface area contributed by atoms with E-state index in [9.17, 15) is 14.4 Å². The van der Waals surface area contributed by atoms with E-state index in [2.05, 4.69) is 0 Å². The third kappa shape index (κ3) is 3.68. The Morgan fingerprint density at radius 2 is 1.67 bits per heavy atom. The molecular formula is C16H20O5. The van der Waals surface area contributed by atoms with E-state index in [1.54, 1.807) is 6.92 Å². The van der Waals surface area contributed by atoms with Gasteiger partial charge in [0.05, 0.1) is 14.2 Å². The smallest absolute Gasteiger partial charge is 0.228 e. The fraction of sp³-hybridized carbons (Fsp3) is 0.438. The molecule has 5 nitrogen and oxygen atoms in total. The minimum absolute atomic E-state index is 0.0505. The fourth-order valence-corrected chi connectivity index (χ4v) is 2.10. The zero-order chi connectivity index (χ0) is 16.0. The molecule has 0 aliphatic heterocycles. The van der Waals surface area contributed by atoms with Gasteiger partial charge < -0.3 is 14.3 Å². The number of ketones is 2. The van der Waals surface area contributed by atoms with Gasteiger partial charge in [-0.1, -0.05) is 11.6 Å². The molecule has 0 aromatic heterocycles. The number of allylic oxidation sites excluding steroid dienone is 4. The van der Waals surface area contributed by atoms with E-state index in [0.717, 1.165) is 11.9 Å². The molecule has 0 aromatic rings. The molecule has 0 fully saturated rings. The minimum atomic E-state index is -0.331. The van der Waals surface area contributed by atoms with E-state index in [-0.39, 0.29) is 23.1 Å². The second-order valence-electron chi connectivity index (χ2n) is 4.79. The summed E-state index contributed by atoms with van der Waals surface area (Å²) in [7, 11) is 2.67. The molecule has 114 valence electrons. The zero-order valence-corrected chi connectivity index (χ0v) is 12.8. The Labute approximate surface area is 124 Å². The Hall–Kier alpha value is -2.17. The highest BCUT2D eigenvalue weighted by Crippen LogP contribution is 2.28. The molecule has 0 atom stereocenters. The van der Waals surface area contributed by atoms with Crippen LogP contribution in [0.3, 0.4) is 0 Å². The Kier molecular flexibility index (Phi) is 6.09. The summed E-state index contributed by atoms with van der Waals surface area (Å²) < 4.78 is 9.98. The van der Waals surface area contributed by atoms with Crippen molar-refractivity contribution in [2.45, 2.75) is 33.1 Å². The van der Waals surface area contributed by atoms with Gasteiger partial charge in [0.2, 0.25) is 23.1 Å². The van der Waals surface area contributed by atoms with Gasteiger partial charge in [0.25, 0.3) is 0 Å². The van der Waals surface area contributed by atoms with Gasteiger partial charge in [0.15, 0.2) is 0 Å². The monoisotopic (exact) mass is 292 g/mol. The summed E-state index contributed by atoms with van der Waals surface area (Å²) in [6.45, 7) is 3.50. The summed E-state index contributed by atoms with van der Waals surface area (Å²) in [6, 6.07) is 0. The fourth-order valence-electron chi connectivity index (χ4n) is 2.10. The molecule has 1 aliphatic rings. The molecule has 0 amide bonds. The van der Waals surface area contributed by atoms with Gasteiger partial charge in [0, 0.05) is 17.6 Å². The molecule has 0 aromatic carbocycles. The third-order valence-corrected chi connectivity index (χ3v) is 3.41. The lowest BCUT2D eigenvalue weighted by Crippen LogP contribution is -2.24. The molecule has 0 radical (unpaired) electrons. The first kappa shape index (κ1) is 16.9. The van der Waals surface area contributed by atoms with Crippen LogP contribution in [0.5, 0.6) is 0 Å². The van der Waals surface area contributed by atoms with Crippen LogP contribution in [0.25, 0.3) is 0 Å². The number of Topliss-reactive ketones (excluding diaryl/α,β-unsaturated/α-hetero) is 2. The number of aldehydes is 1. The first-order valence-electron chi connectivity index (χ1n) is 6.68. The van der Waals surface area contributed by atoms with Crippen LogP contribution in [-0.2, 0) is 23.9 Å². The summed E-state index contributed by atoms with van der Waals surface area (Å²) >= 11 is 0. The molecule has 21 heavy (non-hydrogen) atoms. The Balaban J connectivity index is 3.03. The Morgan fingerprint density at radius 1 is 1.10 bits per heavy atom. The third-order valence-electron chi connectivity index (χ3n) is 3.41. The molecule has 0 heterocycles. The van der Waals surface area contributed by atoms with Crippen molar-refractivity contribution in [2.24, 2.45) is 0 Å². The molecule has 0 unspecified atom stereocenters. The van der Waals surface area contributed by atoms with Crippen LogP contribution in [0, 0.1) is 0 Å². The second kappa shape index (κ2) is 7.57. The van der Waals surface area contributed by atoms with E-state index in [1.165, 1.54) is 14.2 Å². The summed E-state index contributed by atoms with van der Waals surface area (Å²) in [5.74, 6) is -0.763. The molecule has 1 rings (SSSR count). The molecule has 0 bridgehead atoms. The molecule has 0 N–H and O–H groups in total. The summed E-state index contributed by atoms with van der Waals surface area (Å²) in [5.41, 5.74) is 1.78. The van der Waals surface area contributed by atoms with Crippen LogP contribution in [0.2, 0.25) is 0 Å². The lowest BCUT2D eigenvalue weighted by molar-refractivity contribution is -0.121. The molecule has 1 aliphatic carbocycles. The van der Waals surface area contributed by atoms with E-state index in [1.807, 2.05) is 13.0 Å². The SMILES string of the molecule is COC1=C(OC)C(=O)C(C/C=C(\C)CCC=O)=C(C)C1=O.